The molecule has 35 heavy (non-hydrogen) atoms. The highest BCUT2D eigenvalue weighted by Crippen LogP contribution is 2.31. The molecule has 0 aliphatic carbocycles. The van der Waals surface area contributed by atoms with Gasteiger partial charge in [-0.3, -0.25) is 28.8 Å². The molecule has 3 amide bonds. The molecular weight excluding hydrogens is 464 g/mol. The van der Waals surface area contributed by atoms with Crippen molar-refractivity contribution >= 4 is 40.6 Å². The Morgan fingerprint density at radius 2 is 1.63 bits per heavy atom. The third-order valence-corrected chi connectivity index (χ3v) is 6.45. The number of aromatic nitrogens is 2. The highest BCUT2D eigenvalue weighted by molar-refractivity contribution is 8.18. The molecule has 8 nitrogen and oxygen atoms in total. The highest BCUT2D eigenvalue weighted by Gasteiger charge is 2.36. The molecule has 0 atom stereocenters. The predicted molar refractivity (Wildman–Crippen MR) is 137 cm³/mol. The summed E-state index contributed by atoms with van der Waals surface area (Å²) in [5.74, 6) is -1.17. The van der Waals surface area contributed by atoms with Crippen LogP contribution in [0.3, 0.4) is 0 Å². The SMILES string of the molecule is CC(=C/c1ccccc1)/C=C1/SC(=O)N(CC(=O)Nc2c(C)n(C)n(-c3ccccc3)c2=O)C1=O. The first-order chi connectivity index (χ1) is 16.8. The van der Waals surface area contributed by atoms with Gasteiger partial charge in [-0.05, 0) is 55.0 Å². The summed E-state index contributed by atoms with van der Waals surface area (Å²) in [7, 11) is 1.71. The molecule has 178 valence electrons. The second-order valence-electron chi connectivity index (χ2n) is 8.05. The van der Waals surface area contributed by atoms with Crippen LogP contribution in [0.15, 0.2) is 82.0 Å². The number of rotatable bonds is 6. The van der Waals surface area contributed by atoms with Crippen molar-refractivity contribution in [1.82, 2.24) is 14.3 Å². The van der Waals surface area contributed by atoms with Crippen LogP contribution in [0.1, 0.15) is 18.2 Å². The van der Waals surface area contributed by atoms with Crippen LogP contribution in [0.4, 0.5) is 10.5 Å². The van der Waals surface area contributed by atoms with Crippen molar-refractivity contribution in [2.45, 2.75) is 13.8 Å². The number of allylic oxidation sites excluding steroid dienone is 2. The van der Waals surface area contributed by atoms with Gasteiger partial charge in [-0.1, -0.05) is 54.6 Å². The van der Waals surface area contributed by atoms with E-state index < -0.39 is 29.2 Å². The number of imide groups is 1. The molecule has 4 rings (SSSR count). The number of anilines is 1. The molecule has 2 heterocycles. The Balaban J connectivity index is 1.49. The Hall–Kier alpha value is -4.11. The Labute approximate surface area is 206 Å². The molecule has 1 N–H and O–H groups in total. The van der Waals surface area contributed by atoms with Crippen molar-refractivity contribution in [1.29, 1.82) is 0 Å². The molecule has 9 heteroatoms. The molecule has 1 aliphatic heterocycles. The lowest BCUT2D eigenvalue weighted by molar-refractivity contribution is -0.127. The van der Waals surface area contributed by atoms with E-state index in [1.165, 1.54) is 4.68 Å². The van der Waals surface area contributed by atoms with E-state index in [1.807, 2.05) is 61.5 Å². The summed E-state index contributed by atoms with van der Waals surface area (Å²) in [6.45, 7) is 3.06. The molecule has 1 saturated heterocycles. The van der Waals surface area contributed by atoms with Gasteiger partial charge in [-0.25, -0.2) is 4.68 Å². The van der Waals surface area contributed by atoms with E-state index in [-0.39, 0.29) is 10.6 Å². The zero-order chi connectivity index (χ0) is 25.1. The number of amides is 3. The van der Waals surface area contributed by atoms with E-state index >= 15 is 0 Å². The molecule has 0 spiro atoms. The fraction of sp³-hybridized carbons (Fsp3) is 0.154. The fourth-order valence-corrected chi connectivity index (χ4v) is 4.62. The van der Waals surface area contributed by atoms with Crippen LogP contribution in [0.5, 0.6) is 0 Å². The van der Waals surface area contributed by atoms with Crippen LogP contribution < -0.4 is 10.9 Å². The Morgan fingerprint density at radius 1 is 1.00 bits per heavy atom. The molecule has 2 aromatic carbocycles. The van der Waals surface area contributed by atoms with Crippen molar-refractivity contribution < 1.29 is 14.4 Å². The van der Waals surface area contributed by atoms with Crippen LogP contribution >= 0.6 is 11.8 Å². The van der Waals surface area contributed by atoms with Gasteiger partial charge in [0, 0.05) is 7.05 Å². The highest BCUT2D eigenvalue weighted by atomic mass is 32.2. The minimum Gasteiger partial charge on any atom is -0.318 e. The van der Waals surface area contributed by atoms with Gasteiger partial charge in [0.05, 0.1) is 16.3 Å². The first kappa shape index (κ1) is 24.0. The monoisotopic (exact) mass is 488 g/mol. The van der Waals surface area contributed by atoms with Gasteiger partial charge in [0.1, 0.15) is 12.2 Å². The average molecular weight is 489 g/mol. The maximum absolute atomic E-state index is 13.0. The lowest BCUT2D eigenvalue weighted by atomic mass is 10.1. The van der Waals surface area contributed by atoms with Crippen molar-refractivity contribution in [2.75, 3.05) is 11.9 Å². The van der Waals surface area contributed by atoms with Crippen molar-refractivity contribution in [2.24, 2.45) is 7.05 Å². The molecule has 3 aromatic rings. The first-order valence-electron chi connectivity index (χ1n) is 10.9. The number of benzene rings is 2. The van der Waals surface area contributed by atoms with Gasteiger partial charge in [0.25, 0.3) is 16.7 Å². The molecular formula is C26H24N4O4S. The quantitative estimate of drug-likeness (QED) is 0.527. The van der Waals surface area contributed by atoms with Crippen LogP contribution in [0.2, 0.25) is 0 Å². The Kier molecular flexibility index (Phi) is 6.88. The van der Waals surface area contributed by atoms with Gasteiger partial charge < -0.3 is 5.32 Å². The van der Waals surface area contributed by atoms with E-state index in [0.29, 0.717) is 11.4 Å². The van der Waals surface area contributed by atoms with Crippen molar-refractivity contribution in [3.05, 3.63) is 98.8 Å². The summed E-state index contributed by atoms with van der Waals surface area (Å²) in [5, 5.41) is 2.05. The topological polar surface area (TPSA) is 93.4 Å². The summed E-state index contributed by atoms with van der Waals surface area (Å²) in [6, 6.07) is 18.6. The minimum atomic E-state index is -0.629. The second-order valence-corrected chi connectivity index (χ2v) is 9.04. The fourth-order valence-electron chi connectivity index (χ4n) is 3.73. The second kappa shape index (κ2) is 10.0. The normalized spacial score (nSPS) is 15.2. The van der Waals surface area contributed by atoms with Gasteiger partial charge in [-0.15, -0.1) is 0 Å². The van der Waals surface area contributed by atoms with Gasteiger partial charge in [0.2, 0.25) is 5.91 Å². The smallest absolute Gasteiger partial charge is 0.295 e. The number of hydrogen-bond acceptors (Lipinski definition) is 5. The van der Waals surface area contributed by atoms with Crippen LogP contribution in [-0.4, -0.2) is 37.9 Å². The van der Waals surface area contributed by atoms with Gasteiger partial charge in [0.15, 0.2) is 0 Å². The van der Waals surface area contributed by atoms with E-state index in [4.69, 9.17) is 0 Å². The van der Waals surface area contributed by atoms with Crippen molar-refractivity contribution in [3.8, 4) is 5.69 Å². The molecule has 1 aliphatic rings. The maximum Gasteiger partial charge on any atom is 0.295 e. The number of para-hydroxylation sites is 1. The lowest BCUT2D eigenvalue weighted by Gasteiger charge is -2.12. The number of thioether (sulfide) groups is 1. The molecule has 0 unspecified atom stereocenters. The Morgan fingerprint density at radius 3 is 2.29 bits per heavy atom. The first-order valence-corrected chi connectivity index (χ1v) is 11.7. The van der Waals surface area contributed by atoms with E-state index in [0.717, 1.165) is 27.8 Å². The molecule has 1 fully saturated rings. The zero-order valence-electron chi connectivity index (χ0n) is 19.5. The standard InChI is InChI=1S/C26H24N4O4S/c1-17(14-19-10-6-4-7-11-19)15-21-24(32)29(26(34)35-21)16-22(31)27-23-18(2)28(3)30(25(23)33)20-12-8-5-9-13-20/h4-15H,16H2,1-3H3,(H,27,31)/b17-14-,21-15+. The summed E-state index contributed by atoms with van der Waals surface area (Å²) in [4.78, 5) is 52.1. The summed E-state index contributed by atoms with van der Waals surface area (Å²) < 4.78 is 3.08. The van der Waals surface area contributed by atoms with E-state index in [9.17, 15) is 19.2 Å². The lowest BCUT2D eigenvalue weighted by Crippen LogP contribution is -2.37. The number of carbonyl (C=O) groups excluding carboxylic acids is 3. The number of nitrogens with one attached hydrogen (secondary N) is 1. The summed E-state index contributed by atoms with van der Waals surface area (Å²) in [5.41, 5.74) is 2.67. The maximum atomic E-state index is 13.0. The Bertz CT molecular complexity index is 1420. The largest absolute Gasteiger partial charge is 0.318 e. The zero-order valence-corrected chi connectivity index (χ0v) is 20.3. The van der Waals surface area contributed by atoms with E-state index in [1.54, 1.807) is 36.9 Å². The van der Waals surface area contributed by atoms with E-state index in [2.05, 4.69) is 5.32 Å². The van der Waals surface area contributed by atoms with Crippen molar-refractivity contribution in [3.63, 3.8) is 0 Å². The number of hydrogen-bond donors (Lipinski definition) is 1. The summed E-state index contributed by atoms with van der Waals surface area (Å²) in [6.07, 6.45) is 3.53. The predicted octanol–water partition coefficient (Wildman–Crippen LogP) is 4.11. The third kappa shape index (κ3) is 5.04. The van der Waals surface area contributed by atoms with Crippen LogP contribution in [0.25, 0.3) is 11.8 Å². The summed E-state index contributed by atoms with van der Waals surface area (Å²) >= 11 is 0.787. The number of carbonyl (C=O) groups is 3. The van der Waals surface area contributed by atoms with Crippen LogP contribution in [-0.2, 0) is 16.6 Å². The molecule has 0 radical (unpaired) electrons. The molecule has 1 aromatic heterocycles. The molecule has 0 saturated carbocycles. The third-order valence-electron chi connectivity index (χ3n) is 5.55. The van der Waals surface area contributed by atoms with Gasteiger partial charge in [-0.2, -0.15) is 0 Å². The number of nitrogens with zero attached hydrogens (tertiary/aromatic N) is 3. The molecule has 0 bridgehead atoms. The van der Waals surface area contributed by atoms with Crippen LogP contribution in [0, 0.1) is 6.92 Å². The average Bonchev–Trinajstić information content (AvgIpc) is 3.21. The minimum absolute atomic E-state index is 0.102. The van der Waals surface area contributed by atoms with Gasteiger partial charge >= 0.3 is 0 Å².